The smallest absolute Gasteiger partial charge is 0.202 e. The number of ether oxygens (including phenoxy) is 2. The fourth-order valence-electron chi connectivity index (χ4n) is 1.19. The first-order valence-corrected chi connectivity index (χ1v) is 4.78. The summed E-state index contributed by atoms with van der Waals surface area (Å²) in [7, 11) is 0. The zero-order valence-electron chi connectivity index (χ0n) is 7.31. The van der Waals surface area contributed by atoms with Crippen LogP contribution < -0.4 is 9.47 Å². The third kappa shape index (κ3) is 1.56. The standard InChI is InChI=1S/C9H7BrF2O2/c1-9(10)4-13-7-5(11)2-3-6(12)8(7)14-9/h2-3H,4H2,1H3/t9-/m0/s1. The summed E-state index contributed by atoms with van der Waals surface area (Å²) in [6.45, 7) is 1.79. The van der Waals surface area contributed by atoms with Crippen LogP contribution in [0.3, 0.4) is 0 Å². The molecule has 76 valence electrons. The zero-order chi connectivity index (χ0) is 10.3. The molecule has 0 unspecified atom stereocenters. The molecule has 0 aromatic heterocycles. The number of fused-ring (bicyclic) bond motifs is 1. The second-order valence-electron chi connectivity index (χ2n) is 3.18. The molecule has 0 bridgehead atoms. The molecule has 0 N–H and O–H groups in total. The first-order valence-electron chi connectivity index (χ1n) is 3.98. The molecule has 0 fully saturated rings. The summed E-state index contributed by atoms with van der Waals surface area (Å²) in [4.78, 5) is 0. The van der Waals surface area contributed by atoms with Crippen LogP contribution in [0, 0.1) is 11.6 Å². The van der Waals surface area contributed by atoms with E-state index in [4.69, 9.17) is 9.47 Å². The third-order valence-electron chi connectivity index (χ3n) is 1.81. The number of alkyl halides is 1. The van der Waals surface area contributed by atoms with Crippen molar-refractivity contribution in [2.75, 3.05) is 6.61 Å². The summed E-state index contributed by atoms with van der Waals surface area (Å²) in [5.41, 5.74) is 0. The summed E-state index contributed by atoms with van der Waals surface area (Å²) < 4.78 is 35.8. The number of hydrogen-bond donors (Lipinski definition) is 0. The SMILES string of the molecule is C[C@@]1(Br)COc2c(F)ccc(F)c2O1. The van der Waals surface area contributed by atoms with Crippen LogP contribution in [0.2, 0.25) is 0 Å². The maximum atomic E-state index is 13.2. The molecule has 0 radical (unpaired) electrons. The van der Waals surface area contributed by atoms with Crippen LogP contribution in [-0.2, 0) is 0 Å². The number of benzene rings is 1. The quantitative estimate of drug-likeness (QED) is 0.671. The lowest BCUT2D eigenvalue weighted by atomic mass is 10.2. The molecule has 0 saturated carbocycles. The summed E-state index contributed by atoms with van der Waals surface area (Å²) in [5, 5.41) is 0. The van der Waals surface area contributed by atoms with Gasteiger partial charge in [0.05, 0.1) is 0 Å². The fraction of sp³-hybridized carbons (Fsp3) is 0.333. The Kier molecular flexibility index (Phi) is 2.14. The van der Waals surface area contributed by atoms with E-state index in [9.17, 15) is 8.78 Å². The van der Waals surface area contributed by atoms with Crippen LogP contribution in [0.1, 0.15) is 6.92 Å². The summed E-state index contributed by atoms with van der Waals surface area (Å²) in [5.74, 6) is -1.60. The Morgan fingerprint density at radius 1 is 1.29 bits per heavy atom. The zero-order valence-corrected chi connectivity index (χ0v) is 8.90. The monoisotopic (exact) mass is 264 g/mol. The Bertz CT molecular complexity index is 379. The topological polar surface area (TPSA) is 18.5 Å². The van der Waals surface area contributed by atoms with Crippen LogP contribution in [0.4, 0.5) is 8.78 Å². The maximum absolute atomic E-state index is 13.2. The predicted octanol–water partition coefficient (Wildman–Crippen LogP) is 2.85. The minimum Gasteiger partial charge on any atom is -0.482 e. The second-order valence-corrected chi connectivity index (χ2v) is 4.86. The van der Waals surface area contributed by atoms with E-state index in [2.05, 4.69) is 15.9 Å². The molecule has 1 aliphatic rings. The minimum atomic E-state index is -0.811. The molecule has 1 aromatic carbocycles. The highest BCUT2D eigenvalue weighted by Gasteiger charge is 2.33. The van der Waals surface area contributed by atoms with E-state index in [-0.39, 0.29) is 18.1 Å². The molecule has 1 heterocycles. The first-order chi connectivity index (χ1) is 6.49. The molecular weight excluding hydrogens is 258 g/mol. The lowest BCUT2D eigenvalue weighted by molar-refractivity contribution is 0.0737. The van der Waals surface area contributed by atoms with Crippen molar-refractivity contribution in [2.24, 2.45) is 0 Å². The average Bonchev–Trinajstić information content (AvgIpc) is 2.10. The molecule has 0 spiro atoms. The molecule has 2 nitrogen and oxygen atoms in total. The highest BCUT2D eigenvalue weighted by molar-refractivity contribution is 9.10. The van der Waals surface area contributed by atoms with Gasteiger partial charge in [-0.2, -0.15) is 0 Å². The Balaban J connectivity index is 2.51. The molecule has 5 heteroatoms. The molecule has 2 rings (SSSR count). The van der Waals surface area contributed by atoms with Gasteiger partial charge in [0.15, 0.2) is 21.9 Å². The van der Waals surface area contributed by atoms with Crippen molar-refractivity contribution in [1.29, 1.82) is 0 Å². The van der Waals surface area contributed by atoms with E-state index >= 15 is 0 Å². The van der Waals surface area contributed by atoms with Gasteiger partial charge in [-0.3, -0.25) is 0 Å². The summed E-state index contributed by atoms with van der Waals surface area (Å²) >= 11 is 3.18. The van der Waals surface area contributed by atoms with Crippen molar-refractivity contribution in [1.82, 2.24) is 0 Å². The van der Waals surface area contributed by atoms with Crippen molar-refractivity contribution in [3.8, 4) is 11.5 Å². The highest BCUT2D eigenvalue weighted by atomic mass is 79.9. The number of halogens is 3. The van der Waals surface area contributed by atoms with Crippen LogP contribution in [0.15, 0.2) is 12.1 Å². The molecule has 14 heavy (non-hydrogen) atoms. The molecular formula is C9H7BrF2O2. The van der Waals surface area contributed by atoms with Gasteiger partial charge in [-0.15, -0.1) is 0 Å². The molecule has 1 aromatic rings. The van der Waals surface area contributed by atoms with E-state index < -0.39 is 16.1 Å². The minimum absolute atomic E-state index is 0.125. The van der Waals surface area contributed by atoms with E-state index in [0.29, 0.717) is 0 Å². The average molecular weight is 265 g/mol. The van der Waals surface area contributed by atoms with Crippen molar-refractivity contribution in [3.05, 3.63) is 23.8 Å². The van der Waals surface area contributed by atoms with Gasteiger partial charge in [0.1, 0.15) is 6.61 Å². The van der Waals surface area contributed by atoms with Gasteiger partial charge in [-0.05, 0) is 35.0 Å². The van der Waals surface area contributed by atoms with E-state index in [0.717, 1.165) is 12.1 Å². The first kappa shape index (κ1) is 9.71. The van der Waals surface area contributed by atoms with Crippen molar-refractivity contribution in [2.45, 2.75) is 11.4 Å². The largest absolute Gasteiger partial charge is 0.482 e. The predicted molar refractivity (Wildman–Crippen MR) is 49.8 cm³/mol. The van der Waals surface area contributed by atoms with Gasteiger partial charge >= 0.3 is 0 Å². The summed E-state index contributed by atoms with van der Waals surface area (Å²) in [6, 6.07) is 2.01. The van der Waals surface area contributed by atoms with Crippen LogP contribution in [0.25, 0.3) is 0 Å². The molecule has 0 saturated heterocycles. The Morgan fingerprint density at radius 3 is 2.50 bits per heavy atom. The lowest BCUT2D eigenvalue weighted by Gasteiger charge is -2.30. The van der Waals surface area contributed by atoms with Crippen LogP contribution in [0.5, 0.6) is 11.5 Å². The number of hydrogen-bond acceptors (Lipinski definition) is 2. The molecule has 0 amide bonds. The lowest BCUT2D eigenvalue weighted by Crippen LogP contribution is -2.36. The Morgan fingerprint density at radius 2 is 1.86 bits per heavy atom. The van der Waals surface area contributed by atoms with Crippen LogP contribution >= 0.6 is 15.9 Å². The summed E-state index contributed by atoms with van der Waals surface area (Å²) in [6.07, 6.45) is 0. The number of rotatable bonds is 0. The highest BCUT2D eigenvalue weighted by Crippen LogP contribution is 2.41. The van der Waals surface area contributed by atoms with Gasteiger partial charge in [0.2, 0.25) is 5.75 Å². The van der Waals surface area contributed by atoms with Gasteiger partial charge in [-0.25, -0.2) is 8.78 Å². The van der Waals surface area contributed by atoms with E-state index in [1.165, 1.54) is 0 Å². The van der Waals surface area contributed by atoms with Crippen molar-refractivity contribution in [3.63, 3.8) is 0 Å². The van der Waals surface area contributed by atoms with Gasteiger partial charge in [-0.1, -0.05) is 0 Å². The van der Waals surface area contributed by atoms with Gasteiger partial charge < -0.3 is 9.47 Å². The molecule has 1 aliphatic heterocycles. The van der Waals surface area contributed by atoms with E-state index in [1.807, 2.05) is 0 Å². The van der Waals surface area contributed by atoms with Gasteiger partial charge in [0, 0.05) is 0 Å². The van der Waals surface area contributed by atoms with Crippen molar-refractivity contribution < 1.29 is 18.3 Å². The second kappa shape index (κ2) is 3.08. The normalized spacial score (nSPS) is 24.9. The molecule has 0 aliphatic carbocycles. The third-order valence-corrected chi connectivity index (χ3v) is 2.20. The van der Waals surface area contributed by atoms with Crippen LogP contribution in [-0.4, -0.2) is 11.1 Å². The van der Waals surface area contributed by atoms with E-state index in [1.54, 1.807) is 6.92 Å². The maximum Gasteiger partial charge on any atom is 0.202 e. The van der Waals surface area contributed by atoms with Gasteiger partial charge in [0.25, 0.3) is 0 Å². The Labute approximate surface area is 87.9 Å². The fourth-order valence-corrected chi connectivity index (χ4v) is 1.46. The Hall–Kier alpha value is -0.840. The molecule has 1 atom stereocenters. The van der Waals surface area contributed by atoms with Crippen molar-refractivity contribution >= 4 is 15.9 Å².